The molecule has 0 saturated heterocycles. The normalized spacial score (nSPS) is 10.1. The minimum atomic E-state index is -0.495. The summed E-state index contributed by atoms with van der Waals surface area (Å²) in [6.45, 7) is 0.375. The Labute approximate surface area is 97.3 Å². The number of nitro groups is 1. The molecule has 0 aliphatic carbocycles. The Hall–Kier alpha value is -2.53. The van der Waals surface area contributed by atoms with E-state index in [1.54, 1.807) is 18.2 Å². The maximum atomic E-state index is 10.5. The maximum absolute atomic E-state index is 10.5. The molecule has 17 heavy (non-hydrogen) atoms. The summed E-state index contributed by atoms with van der Waals surface area (Å²) in [4.78, 5) is 12.6. The average molecular weight is 233 g/mol. The molecule has 0 atom stereocenters. The minimum Gasteiger partial charge on any atom is -0.398 e. The van der Waals surface area contributed by atoms with Crippen molar-refractivity contribution in [3.63, 3.8) is 0 Å². The van der Waals surface area contributed by atoms with Gasteiger partial charge in [-0.25, -0.2) is 0 Å². The van der Waals surface area contributed by atoms with Gasteiger partial charge in [-0.05, 0) is 23.6 Å². The van der Waals surface area contributed by atoms with Crippen LogP contribution in [0.1, 0.15) is 12.0 Å². The highest BCUT2D eigenvalue weighted by Crippen LogP contribution is 2.20. The van der Waals surface area contributed by atoms with Crippen LogP contribution in [0.4, 0.5) is 11.4 Å². The highest BCUT2D eigenvalue weighted by atomic mass is 16.6. The highest BCUT2D eigenvalue weighted by Gasteiger charge is 2.06. The lowest BCUT2D eigenvalue weighted by Gasteiger charge is -1.99. The number of hydrogen-bond acceptors (Lipinski definition) is 4. The van der Waals surface area contributed by atoms with E-state index in [1.165, 1.54) is 12.1 Å². The van der Waals surface area contributed by atoms with Crippen LogP contribution in [-0.4, -0.2) is 11.5 Å². The summed E-state index contributed by atoms with van der Waals surface area (Å²) in [6.07, 6.45) is 4.14. The van der Waals surface area contributed by atoms with Gasteiger partial charge in [0.15, 0.2) is 0 Å². The van der Waals surface area contributed by atoms with Gasteiger partial charge >= 0.3 is 0 Å². The Morgan fingerprint density at radius 2 is 2.35 bits per heavy atom. The first-order valence-corrected chi connectivity index (χ1v) is 4.86. The van der Waals surface area contributed by atoms with Gasteiger partial charge in [0.05, 0.1) is 4.92 Å². The topological polar surface area (TPSA) is 118 Å². The fourth-order valence-corrected chi connectivity index (χ4v) is 1.21. The van der Waals surface area contributed by atoms with Crippen molar-refractivity contribution in [3.05, 3.63) is 50.4 Å². The number of anilines is 1. The molecule has 88 valence electrons. The van der Waals surface area contributed by atoms with Crippen LogP contribution in [0.5, 0.6) is 0 Å². The van der Waals surface area contributed by atoms with Gasteiger partial charge < -0.3 is 5.73 Å². The van der Waals surface area contributed by atoms with E-state index in [-0.39, 0.29) is 5.69 Å². The molecule has 0 aliphatic rings. The first-order valence-electron chi connectivity index (χ1n) is 4.86. The number of nitrogens with zero attached hydrogens (tertiary/aromatic N) is 4. The van der Waals surface area contributed by atoms with Crippen molar-refractivity contribution >= 4 is 17.5 Å². The quantitative estimate of drug-likeness (QED) is 0.160. The molecule has 0 amide bonds. The van der Waals surface area contributed by atoms with E-state index in [0.717, 1.165) is 0 Å². The van der Waals surface area contributed by atoms with Crippen molar-refractivity contribution in [1.82, 2.24) is 0 Å². The van der Waals surface area contributed by atoms with Gasteiger partial charge in [-0.3, -0.25) is 10.1 Å². The van der Waals surface area contributed by atoms with Crippen molar-refractivity contribution in [2.75, 3.05) is 12.3 Å². The van der Waals surface area contributed by atoms with Crippen LogP contribution in [0.15, 0.2) is 29.4 Å². The van der Waals surface area contributed by atoms with Gasteiger partial charge in [-0.2, -0.15) is 0 Å². The Kier molecular flexibility index (Phi) is 4.53. The zero-order chi connectivity index (χ0) is 12.7. The van der Waals surface area contributed by atoms with Crippen LogP contribution in [0.3, 0.4) is 0 Å². The molecule has 1 aromatic rings. The molecule has 1 aromatic carbocycles. The number of azide groups is 1. The van der Waals surface area contributed by atoms with Crippen LogP contribution in [-0.2, 0) is 0 Å². The molecular weight excluding hydrogens is 222 g/mol. The third-order valence-electron chi connectivity index (χ3n) is 2.04. The van der Waals surface area contributed by atoms with Gasteiger partial charge in [-0.15, -0.1) is 0 Å². The number of nitrogen functional groups attached to an aromatic ring is 1. The average Bonchev–Trinajstić information content (AvgIpc) is 2.30. The van der Waals surface area contributed by atoms with E-state index < -0.39 is 4.92 Å². The number of rotatable bonds is 5. The van der Waals surface area contributed by atoms with E-state index >= 15 is 0 Å². The van der Waals surface area contributed by atoms with E-state index in [1.807, 2.05) is 0 Å². The van der Waals surface area contributed by atoms with E-state index in [9.17, 15) is 10.1 Å². The van der Waals surface area contributed by atoms with Gasteiger partial charge in [0.25, 0.3) is 5.69 Å². The zero-order valence-corrected chi connectivity index (χ0v) is 8.98. The lowest BCUT2D eigenvalue weighted by atomic mass is 10.1. The third-order valence-corrected chi connectivity index (χ3v) is 2.04. The summed E-state index contributed by atoms with van der Waals surface area (Å²) in [5, 5.41) is 13.9. The monoisotopic (exact) mass is 233 g/mol. The van der Waals surface area contributed by atoms with Crippen molar-refractivity contribution in [3.8, 4) is 0 Å². The second-order valence-electron chi connectivity index (χ2n) is 3.22. The fourth-order valence-electron chi connectivity index (χ4n) is 1.21. The van der Waals surface area contributed by atoms with Crippen LogP contribution in [0.25, 0.3) is 16.5 Å². The molecule has 0 saturated carbocycles. The SMILES string of the molecule is [N-]=[N+]=NCCC=Cc1ccc([N+](=O)[O-])cc1N. The predicted molar refractivity (Wildman–Crippen MR) is 65.2 cm³/mol. The highest BCUT2D eigenvalue weighted by molar-refractivity contribution is 5.67. The molecule has 2 N–H and O–H groups in total. The Balaban J connectivity index is 2.72. The number of benzene rings is 1. The van der Waals surface area contributed by atoms with Crippen LogP contribution in [0, 0.1) is 10.1 Å². The summed E-state index contributed by atoms with van der Waals surface area (Å²) in [5.74, 6) is 0. The largest absolute Gasteiger partial charge is 0.398 e. The lowest BCUT2D eigenvalue weighted by molar-refractivity contribution is -0.384. The zero-order valence-electron chi connectivity index (χ0n) is 8.98. The van der Waals surface area contributed by atoms with E-state index in [4.69, 9.17) is 11.3 Å². The van der Waals surface area contributed by atoms with Crippen LogP contribution >= 0.6 is 0 Å². The fraction of sp³-hybridized carbons (Fsp3) is 0.200. The number of hydrogen-bond donors (Lipinski definition) is 1. The Bertz CT molecular complexity index is 491. The van der Waals surface area contributed by atoms with E-state index in [0.29, 0.717) is 24.2 Å². The standard InChI is InChI=1S/C10H11N5O2/c11-10-7-9(15(16)17)5-4-8(10)3-1-2-6-13-14-12/h1,3-5,7H,2,6,11H2. The molecule has 1 rings (SSSR count). The van der Waals surface area contributed by atoms with Crippen molar-refractivity contribution < 1.29 is 4.92 Å². The molecule has 0 radical (unpaired) electrons. The van der Waals surface area contributed by atoms with Gasteiger partial charge in [0.1, 0.15) is 0 Å². The second kappa shape index (κ2) is 6.14. The minimum absolute atomic E-state index is 0.0336. The molecule has 0 heterocycles. The second-order valence-corrected chi connectivity index (χ2v) is 3.22. The molecule has 0 spiro atoms. The number of nitro benzene ring substituents is 1. The smallest absolute Gasteiger partial charge is 0.271 e. The first kappa shape index (κ1) is 12.5. The lowest BCUT2D eigenvalue weighted by Crippen LogP contribution is -1.93. The molecule has 7 nitrogen and oxygen atoms in total. The number of nitrogens with two attached hydrogens (primary N) is 1. The summed E-state index contributed by atoms with van der Waals surface area (Å²) in [7, 11) is 0. The van der Waals surface area contributed by atoms with Gasteiger partial charge in [0, 0.05) is 29.3 Å². The summed E-state index contributed by atoms with van der Waals surface area (Å²) in [6, 6.07) is 4.29. The Morgan fingerprint density at radius 3 is 2.94 bits per heavy atom. The molecule has 0 aromatic heterocycles. The molecular formula is C10H11N5O2. The number of non-ortho nitro benzene ring substituents is 1. The van der Waals surface area contributed by atoms with E-state index in [2.05, 4.69) is 10.0 Å². The third kappa shape index (κ3) is 3.84. The van der Waals surface area contributed by atoms with Crippen molar-refractivity contribution in [1.29, 1.82) is 0 Å². The molecule has 0 bridgehead atoms. The summed E-state index contributed by atoms with van der Waals surface area (Å²) < 4.78 is 0. The molecule has 0 unspecified atom stereocenters. The van der Waals surface area contributed by atoms with Gasteiger partial charge in [-0.1, -0.05) is 17.3 Å². The summed E-state index contributed by atoms with van der Waals surface area (Å²) in [5.41, 5.74) is 14.7. The molecule has 7 heteroatoms. The maximum Gasteiger partial charge on any atom is 0.271 e. The molecule has 0 aliphatic heterocycles. The summed E-state index contributed by atoms with van der Waals surface area (Å²) >= 11 is 0. The van der Waals surface area contributed by atoms with Crippen molar-refractivity contribution in [2.45, 2.75) is 6.42 Å². The van der Waals surface area contributed by atoms with Crippen LogP contribution in [0.2, 0.25) is 0 Å². The predicted octanol–water partition coefficient (Wildman–Crippen LogP) is 2.89. The van der Waals surface area contributed by atoms with Crippen LogP contribution < -0.4 is 5.73 Å². The molecule has 0 fully saturated rings. The first-order chi connectivity index (χ1) is 8.15. The Morgan fingerprint density at radius 1 is 1.59 bits per heavy atom. The van der Waals surface area contributed by atoms with Gasteiger partial charge in [0.2, 0.25) is 0 Å². The van der Waals surface area contributed by atoms with Crippen molar-refractivity contribution in [2.24, 2.45) is 5.11 Å².